The smallest absolute Gasteiger partial charge is 0.303 e. The molecule has 4 aromatic rings. The monoisotopic (exact) mass is 524 g/mol. The molecule has 3 heterocycles. The number of benzene rings is 2. The van der Waals surface area contributed by atoms with Crippen molar-refractivity contribution in [1.29, 1.82) is 0 Å². The lowest BCUT2D eigenvalue weighted by molar-refractivity contribution is -0.149. The van der Waals surface area contributed by atoms with Crippen molar-refractivity contribution in [1.82, 2.24) is 14.9 Å². The number of nitrogens with one attached hydrogen (secondary N) is 1. The van der Waals surface area contributed by atoms with Gasteiger partial charge in [0.05, 0.1) is 28.7 Å². The molecule has 0 bridgehead atoms. The number of halogens is 1. The number of carbonyl (C=O) groups excluding carboxylic acids is 1. The third-order valence-corrected chi connectivity index (χ3v) is 6.67. The number of piperidine rings is 1. The zero-order chi connectivity index (χ0) is 25.8. The summed E-state index contributed by atoms with van der Waals surface area (Å²) < 4.78 is 22.8. The Morgan fingerprint density at radius 1 is 1.19 bits per heavy atom. The Morgan fingerprint density at radius 3 is 2.81 bits per heavy atom. The molecule has 0 aliphatic carbocycles. The number of furan rings is 1. The quantitative estimate of drug-likeness (QED) is 0.281. The van der Waals surface area contributed by atoms with Gasteiger partial charge in [-0.2, -0.15) is 0 Å². The van der Waals surface area contributed by atoms with Gasteiger partial charge in [-0.3, -0.25) is 9.69 Å². The maximum atomic E-state index is 11.7. The molecule has 37 heavy (non-hydrogen) atoms. The van der Waals surface area contributed by atoms with Crippen LogP contribution in [0, 0.1) is 0 Å². The predicted molar refractivity (Wildman–Crippen MR) is 142 cm³/mol. The van der Waals surface area contributed by atoms with E-state index in [0.29, 0.717) is 40.0 Å². The van der Waals surface area contributed by atoms with Crippen LogP contribution in [0.1, 0.15) is 26.2 Å². The number of esters is 1. The van der Waals surface area contributed by atoms with E-state index in [0.717, 1.165) is 42.4 Å². The highest BCUT2D eigenvalue weighted by Gasteiger charge is 2.21. The average Bonchev–Trinajstić information content (AvgIpc) is 3.29. The summed E-state index contributed by atoms with van der Waals surface area (Å²) in [6.07, 6.45) is 6.15. The fourth-order valence-corrected chi connectivity index (χ4v) is 4.93. The van der Waals surface area contributed by atoms with E-state index in [-0.39, 0.29) is 18.7 Å². The number of anilines is 2. The number of rotatable bonds is 9. The molecule has 2 aromatic carbocycles. The summed E-state index contributed by atoms with van der Waals surface area (Å²) in [4.78, 5) is 22.9. The van der Waals surface area contributed by atoms with Crippen LogP contribution in [0.15, 0.2) is 47.3 Å². The van der Waals surface area contributed by atoms with E-state index >= 15 is 0 Å². The SMILES string of the molecule is COc1cc2c(Nc3cccc4occ(Cl)c34)ncnc2cc1OCC(CN1CCCCC1)OC(C)=O. The minimum atomic E-state index is -0.390. The van der Waals surface area contributed by atoms with Crippen molar-refractivity contribution in [2.45, 2.75) is 32.3 Å². The van der Waals surface area contributed by atoms with Gasteiger partial charge in [-0.05, 0) is 44.1 Å². The number of hydrogen-bond donors (Lipinski definition) is 1. The maximum Gasteiger partial charge on any atom is 0.303 e. The lowest BCUT2D eigenvalue weighted by atomic mass is 10.1. The van der Waals surface area contributed by atoms with Crippen LogP contribution in [0.3, 0.4) is 0 Å². The lowest BCUT2D eigenvalue weighted by Gasteiger charge is -2.30. The molecule has 1 atom stereocenters. The van der Waals surface area contributed by atoms with E-state index in [4.69, 9.17) is 30.2 Å². The van der Waals surface area contributed by atoms with Crippen LogP contribution in [0.25, 0.3) is 21.9 Å². The minimum absolute atomic E-state index is 0.203. The van der Waals surface area contributed by atoms with Crippen molar-refractivity contribution < 1.29 is 23.4 Å². The standard InChI is InChI=1S/C27H29ClN4O5/c1-17(33)37-18(13-32-9-4-3-5-10-32)14-35-25-12-22-19(11-24(25)34-2)27(30-16-29-22)31-21-7-6-8-23-26(21)20(28)15-36-23/h6-8,11-12,15-16,18H,3-5,9-10,13-14H2,1-2H3,(H,29,30,31). The first kappa shape index (κ1) is 25.1. The zero-order valence-electron chi connectivity index (χ0n) is 20.8. The number of fused-ring (bicyclic) bond motifs is 2. The molecule has 1 saturated heterocycles. The molecule has 1 N–H and O–H groups in total. The fourth-order valence-electron chi connectivity index (χ4n) is 4.69. The fraction of sp³-hybridized carbons (Fsp3) is 0.370. The molecule has 9 nitrogen and oxygen atoms in total. The molecule has 1 aliphatic heterocycles. The Hall–Kier alpha value is -3.56. The first-order chi connectivity index (χ1) is 18.0. The van der Waals surface area contributed by atoms with Crippen molar-refractivity contribution >= 4 is 50.9 Å². The zero-order valence-corrected chi connectivity index (χ0v) is 21.6. The molecule has 10 heteroatoms. The van der Waals surface area contributed by atoms with Crippen molar-refractivity contribution in [3.05, 3.63) is 47.9 Å². The molecule has 0 radical (unpaired) electrons. The van der Waals surface area contributed by atoms with Gasteiger partial charge in [0.25, 0.3) is 0 Å². The number of methoxy groups -OCH3 is 1. The number of nitrogens with zero attached hydrogens (tertiary/aromatic N) is 3. The van der Waals surface area contributed by atoms with Gasteiger partial charge in [-0.15, -0.1) is 0 Å². The topological polar surface area (TPSA) is 98.9 Å². The molecule has 194 valence electrons. The average molecular weight is 525 g/mol. The van der Waals surface area contributed by atoms with Crippen LogP contribution in [-0.4, -0.2) is 60.3 Å². The van der Waals surface area contributed by atoms with Crippen LogP contribution < -0.4 is 14.8 Å². The molecule has 1 fully saturated rings. The Kier molecular flexibility index (Phi) is 7.62. The summed E-state index contributed by atoms with van der Waals surface area (Å²) >= 11 is 6.35. The molecule has 5 rings (SSSR count). The largest absolute Gasteiger partial charge is 0.493 e. The van der Waals surface area contributed by atoms with Crippen LogP contribution in [-0.2, 0) is 9.53 Å². The van der Waals surface area contributed by atoms with E-state index in [2.05, 4.69) is 20.2 Å². The van der Waals surface area contributed by atoms with E-state index in [9.17, 15) is 4.79 Å². The molecular formula is C27H29ClN4O5. The van der Waals surface area contributed by atoms with E-state index in [1.165, 1.54) is 25.9 Å². The van der Waals surface area contributed by atoms with Crippen molar-refractivity contribution in [2.75, 3.05) is 38.7 Å². The van der Waals surface area contributed by atoms with Crippen LogP contribution in [0.4, 0.5) is 11.5 Å². The molecule has 1 aliphatic rings. The molecule has 1 unspecified atom stereocenters. The van der Waals surface area contributed by atoms with Crippen molar-refractivity contribution in [3.8, 4) is 11.5 Å². The van der Waals surface area contributed by atoms with E-state index in [1.807, 2.05) is 24.3 Å². The van der Waals surface area contributed by atoms with Gasteiger partial charge in [-0.1, -0.05) is 24.1 Å². The Balaban J connectivity index is 1.39. The highest BCUT2D eigenvalue weighted by Crippen LogP contribution is 2.37. The van der Waals surface area contributed by atoms with Crippen LogP contribution in [0.5, 0.6) is 11.5 Å². The summed E-state index contributed by atoms with van der Waals surface area (Å²) in [6.45, 7) is 4.26. The summed E-state index contributed by atoms with van der Waals surface area (Å²) in [5, 5.41) is 5.38. The van der Waals surface area contributed by atoms with E-state index < -0.39 is 0 Å². The highest BCUT2D eigenvalue weighted by molar-refractivity contribution is 6.36. The van der Waals surface area contributed by atoms with Gasteiger partial charge in [0.1, 0.15) is 36.7 Å². The molecule has 2 aromatic heterocycles. The first-order valence-corrected chi connectivity index (χ1v) is 12.7. The van der Waals surface area contributed by atoms with Crippen molar-refractivity contribution in [3.63, 3.8) is 0 Å². The summed E-state index contributed by atoms with van der Waals surface area (Å²) in [5.74, 6) is 1.29. The number of ether oxygens (including phenoxy) is 3. The maximum absolute atomic E-state index is 11.7. The predicted octanol–water partition coefficient (Wildman–Crippen LogP) is 5.58. The Labute approximate surface area is 219 Å². The first-order valence-electron chi connectivity index (χ1n) is 12.3. The number of aromatic nitrogens is 2. The molecule has 0 spiro atoms. The summed E-state index contributed by atoms with van der Waals surface area (Å²) in [6, 6.07) is 9.27. The molecule has 0 saturated carbocycles. The van der Waals surface area contributed by atoms with Crippen molar-refractivity contribution in [2.24, 2.45) is 0 Å². The third-order valence-electron chi connectivity index (χ3n) is 6.40. The van der Waals surface area contributed by atoms with Gasteiger partial charge in [0.15, 0.2) is 11.5 Å². The number of hydrogen-bond acceptors (Lipinski definition) is 9. The molecule has 0 amide bonds. The van der Waals surface area contributed by atoms with Gasteiger partial charge in [-0.25, -0.2) is 9.97 Å². The highest BCUT2D eigenvalue weighted by atomic mass is 35.5. The number of carbonyl (C=O) groups is 1. The summed E-state index contributed by atoms with van der Waals surface area (Å²) in [7, 11) is 1.58. The van der Waals surface area contributed by atoms with Gasteiger partial charge in [0, 0.05) is 24.9 Å². The van der Waals surface area contributed by atoms with E-state index in [1.54, 1.807) is 13.2 Å². The van der Waals surface area contributed by atoms with Gasteiger partial charge >= 0.3 is 5.97 Å². The van der Waals surface area contributed by atoms with Gasteiger partial charge < -0.3 is 23.9 Å². The normalized spacial score (nSPS) is 15.0. The van der Waals surface area contributed by atoms with Gasteiger partial charge in [0.2, 0.25) is 0 Å². The minimum Gasteiger partial charge on any atom is -0.493 e. The Morgan fingerprint density at radius 2 is 2.03 bits per heavy atom. The molecular weight excluding hydrogens is 496 g/mol. The Bertz CT molecular complexity index is 1400. The summed E-state index contributed by atoms with van der Waals surface area (Å²) in [5.41, 5.74) is 2.10. The second-order valence-corrected chi connectivity index (χ2v) is 9.44. The number of likely N-dealkylation sites (tertiary alicyclic amines) is 1. The second kappa shape index (κ2) is 11.2. The van der Waals surface area contributed by atoms with Crippen LogP contribution in [0.2, 0.25) is 5.02 Å². The third kappa shape index (κ3) is 5.73. The second-order valence-electron chi connectivity index (χ2n) is 9.03. The lowest BCUT2D eigenvalue weighted by Crippen LogP contribution is -2.40. The van der Waals surface area contributed by atoms with Crippen LogP contribution >= 0.6 is 11.6 Å².